The number of hydrogen-bond acceptors (Lipinski definition) is 4. The Bertz CT molecular complexity index is 974. The zero-order valence-electron chi connectivity index (χ0n) is 16.6. The highest BCUT2D eigenvalue weighted by Crippen LogP contribution is 2.32. The van der Waals surface area contributed by atoms with Gasteiger partial charge in [-0.2, -0.15) is 5.26 Å². The van der Waals surface area contributed by atoms with E-state index >= 15 is 0 Å². The molecule has 3 rings (SSSR count). The highest BCUT2D eigenvalue weighted by molar-refractivity contribution is 7.99. The van der Waals surface area contributed by atoms with Crippen molar-refractivity contribution in [1.29, 1.82) is 5.26 Å². The molecule has 0 saturated carbocycles. The van der Waals surface area contributed by atoms with Crippen LogP contribution in [-0.2, 0) is 24.3 Å². The van der Waals surface area contributed by atoms with Crippen LogP contribution in [0.3, 0.4) is 0 Å². The molecule has 0 bridgehead atoms. The molecule has 28 heavy (non-hydrogen) atoms. The molecule has 0 spiro atoms. The quantitative estimate of drug-likeness (QED) is 0.489. The predicted octanol–water partition coefficient (Wildman–Crippen LogP) is 5.30. The molecule has 0 unspecified atom stereocenters. The minimum atomic E-state index is 0.620. The average molecular weight is 392 g/mol. The predicted molar refractivity (Wildman–Crippen MR) is 112 cm³/mol. The first-order valence-electron chi connectivity index (χ1n) is 9.48. The maximum atomic E-state index is 9.22. The van der Waals surface area contributed by atoms with Crippen LogP contribution in [0.4, 0.5) is 0 Å². The van der Waals surface area contributed by atoms with Crippen LogP contribution in [0.2, 0.25) is 0 Å². The SMILES string of the molecule is CCn1c(CCOCc2ccccc2)nc(C)c1Sc1cc(C)cc(C#N)c1. The Balaban J connectivity index is 1.69. The highest BCUT2D eigenvalue weighted by atomic mass is 32.2. The summed E-state index contributed by atoms with van der Waals surface area (Å²) in [4.78, 5) is 5.85. The van der Waals surface area contributed by atoms with Crippen molar-refractivity contribution < 1.29 is 4.74 Å². The van der Waals surface area contributed by atoms with Gasteiger partial charge < -0.3 is 9.30 Å². The van der Waals surface area contributed by atoms with E-state index in [2.05, 4.69) is 35.8 Å². The molecule has 0 atom stereocenters. The van der Waals surface area contributed by atoms with E-state index in [0.29, 0.717) is 18.8 Å². The van der Waals surface area contributed by atoms with Crippen LogP contribution >= 0.6 is 11.8 Å². The molecule has 0 aliphatic rings. The summed E-state index contributed by atoms with van der Waals surface area (Å²) < 4.78 is 8.09. The second kappa shape index (κ2) is 9.59. The van der Waals surface area contributed by atoms with Gasteiger partial charge in [-0.05, 0) is 50.1 Å². The molecular weight excluding hydrogens is 366 g/mol. The van der Waals surface area contributed by atoms with Crippen molar-refractivity contribution in [2.45, 2.75) is 50.3 Å². The van der Waals surface area contributed by atoms with Gasteiger partial charge in [0.15, 0.2) is 0 Å². The van der Waals surface area contributed by atoms with Gasteiger partial charge >= 0.3 is 0 Å². The number of imidazole rings is 1. The van der Waals surface area contributed by atoms with Gasteiger partial charge in [0.2, 0.25) is 0 Å². The Hall–Kier alpha value is -2.55. The third-order valence-electron chi connectivity index (χ3n) is 4.46. The van der Waals surface area contributed by atoms with E-state index in [0.717, 1.165) is 40.0 Å². The number of nitrogens with zero attached hydrogens (tertiary/aromatic N) is 3. The van der Waals surface area contributed by atoms with E-state index in [9.17, 15) is 5.26 Å². The molecule has 0 fully saturated rings. The standard InChI is InChI=1S/C23H25N3OS/c1-4-26-22(10-11-27-16-19-8-6-5-7-9-19)25-18(3)23(26)28-21-13-17(2)12-20(14-21)15-24/h5-9,12-14H,4,10-11,16H2,1-3H3. The molecule has 144 valence electrons. The van der Waals surface area contributed by atoms with Crippen LogP contribution in [0.1, 0.15) is 35.1 Å². The average Bonchev–Trinajstić information content (AvgIpc) is 3.00. The summed E-state index contributed by atoms with van der Waals surface area (Å²) in [5, 5.41) is 10.4. The fourth-order valence-electron chi connectivity index (χ4n) is 3.17. The van der Waals surface area contributed by atoms with Crippen molar-refractivity contribution in [1.82, 2.24) is 9.55 Å². The van der Waals surface area contributed by atoms with E-state index in [1.54, 1.807) is 11.8 Å². The summed E-state index contributed by atoms with van der Waals surface area (Å²) in [6.07, 6.45) is 0.777. The lowest BCUT2D eigenvalue weighted by atomic mass is 10.2. The molecule has 0 radical (unpaired) electrons. The molecule has 0 saturated heterocycles. The lowest BCUT2D eigenvalue weighted by Crippen LogP contribution is -2.07. The molecule has 5 heteroatoms. The van der Waals surface area contributed by atoms with Crippen LogP contribution in [0.25, 0.3) is 0 Å². The number of ether oxygens (including phenoxy) is 1. The fraction of sp³-hybridized carbons (Fsp3) is 0.304. The van der Waals surface area contributed by atoms with E-state index in [1.807, 2.05) is 44.2 Å². The lowest BCUT2D eigenvalue weighted by molar-refractivity contribution is 0.122. The Kier molecular flexibility index (Phi) is 6.91. The zero-order valence-corrected chi connectivity index (χ0v) is 17.4. The summed E-state index contributed by atoms with van der Waals surface area (Å²) in [6.45, 7) is 8.31. The molecule has 0 aliphatic carbocycles. The molecular formula is C23H25N3OS. The minimum Gasteiger partial charge on any atom is -0.376 e. The van der Waals surface area contributed by atoms with Gasteiger partial charge in [0.25, 0.3) is 0 Å². The Morgan fingerprint density at radius 3 is 2.64 bits per heavy atom. The number of benzene rings is 2. The summed E-state index contributed by atoms with van der Waals surface area (Å²) in [5.41, 5.74) is 3.99. The number of hydrogen-bond donors (Lipinski definition) is 0. The number of aryl methyl sites for hydroxylation is 2. The normalized spacial score (nSPS) is 10.8. The highest BCUT2D eigenvalue weighted by Gasteiger charge is 2.15. The molecule has 0 aliphatic heterocycles. The molecule has 0 amide bonds. The van der Waals surface area contributed by atoms with E-state index < -0.39 is 0 Å². The van der Waals surface area contributed by atoms with Crippen LogP contribution in [0, 0.1) is 25.2 Å². The fourth-order valence-corrected chi connectivity index (χ4v) is 4.36. The van der Waals surface area contributed by atoms with Gasteiger partial charge in [-0.15, -0.1) is 0 Å². The van der Waals surface area contributed by atoms with Gasteiger partial charge in [-0.1, -0.05) is 42.1 Å². The molecule has 4 nitrogen and oxygen atoms in total. The van der Waals surface area contributed by atoms with Gasteiger partial charge in [0, 0.05) is 17.9 Å². The Labute approximate surface area is 171 Å². The topological polar surface area (TPSA) is 50.8 Å². The first kappa shape index (κ1) is 20.2. The van der Waals surface area contributed by atoms with E-state index in [1.165, 1.54) is 5.56 Å². The maximum absolute atomic E-state index is 9.22. The number of aromatic nitrogens is 2. The summed E-state index contributed by atoms with van der Waals surface area (Å²) >= 11 is 1.67. The smallest absolute Gasteiger partial charge is 0.112 e. The van der Waals surface area contributed by atoms with Crippen molar-refractivity contribution in [3.8, 4) is 6.07 Å². The Morgan fingerprint density at radius 1 is 1.14 bits per heavy atom. The monoisotopic (exact) mass is 391 g/mol. The van der Waals surface area contributed by atoms with Crippen LogP contribution in [0.5, 0.6) is 0 Å². The van der Waals surface area contributed by atoms with E-state index in [4.69, 9.17) is 9.72 Å². The van der Waals surface area contributed by atoms with Crippen LogP contribution in [0.15, 0.2) is 58.5 Å². The first-order valence-corrected chi connectivity index (χ1v) is 10.3. The molecule has 3 aromatic rings. The second-order valence-corrected chi connectivity index (χ2v) is 7.76. The van der Waals surface area contributed by atoms with E-state index in [-0.39, 0.29) is 0 Å². The molecule has 2 aromatic carbocycles. The first-order chi connectivity index (χ1) is 13.6. The van der Waals surface area contributed by atoms with Gasteiger partial charge in [0.05, 0.1) is 30.5 Å². The van der Waals surface area contributed by atoms with Crippen molar-refractivity contribution >= 4 is 11.8 Å². The van der Waals surface area contributed by atoms with Crippen LogP contribution < -0.4 is 0 Å². The largest absolute Gasteiger partial charge is 0.376 e. The van der Waals surface area contributed by atoms with Crippen molar-refractivity contribution in [3.05, 3.63) is 76.7 Å². The minimum absolute atomic E-state index is 0.620. The molecule has 0 N–H and O–H groups in total. The number of rotatable bonds is 8. The lowest BCUT2D eigenvalue weighted by Gasteiger charge is -2.11. The van der Waals surface area contributed by atoms with Crippen molar-refractivity contribution in [3.63, 3.8) is 0 Å². The Morgan fingerprint density at radius 2 is 1.93 bits per heavy atom. The maximum Gasteiger partial charge on any atom is 0.112 e. The number of nitriles is 1. The van der Waals surface area contributed by atoms with Crippen molar-refractivity contribution in [2.75, 3.05) is 6.61 Å². The summed E-state index contributed by atoms with van der Waals surface area (Å²) in [7, 11) is 0. The van der Waals surface area contributed by atoms with Gasteiger partial charge in [-0.3, -0.25) is 0 Å². The summed E-state index contributed by atoms with van der Waals surface area (Å²) in [5.74, 6) is 1.05. The second-order valence-electron chi connectivity index (χ2n) is 6.70. The van der Waals surface area contributed by atoms with Crippen LogP contribution in [-0.4, -0.2) is 16.2 Å². The molecule has 1 aromatic heterocycles. The van der Waals surface area contributed by atoms with Gasteiger partial charge in [-0.25, -0.2) is 4.98 Å². The third kappa shape index (κ3) is 5.03. The zero-order chi connectivity index (χ0) is 19.9. The van der Waals surface area contributed by atoms with Crippen molar-refractivity contribution in [2.24, 2.45) is 0 Å². The summed E-state index contributed by atoms with van der Waals surface area (Å²) in [6, 6.07) is 18.4. The third-order valence-corrected chi connectivity index (χ3v) is 5.64. The molecule has 1 heterocycles. The van der Waals surface area contributed by atoms with Gasteiger partial charge in [0.1, 0.15) is 10.9 Å².